The molecule has 0 aliphatic carbocycles. The first kappa shape index (κ1) is 76.3. The largest absolute Gasteiger partial charge is 0.337 e. The summed E-state index contributed by atoms with van der Waals surface area (Å²) in [6.45, 7) is 3.52. The number of piperidine rings is 3. The van der Waals surface area contributed by atoms with Crippen LogP contribution in [0.2, 0.25) is 0 Å². The van der Waals surface area contributed by atoms with Gasteiger partial charge in [0.05, 0.1) is 22.2 Å². The second-order valence-electron chi connectivity index (χ2n) is 27.6. The van der Waals surface area contributed by atoms with Crippen molar-refractivity contribution in [3.8, 4) is 0 Å². The molecule has 0 saturated carbocycles. The van der Waals surface area contributed by atoms with Gasteiger partial charge < -0.3 is 31.9 Å². The van der Waals surface area contributed by atoms with Crippen molar-refractivity contribution in [3.05, 3.63) is 178 Å². The number of aryl methyl sites for hydroxylation is 2. The Kier molecular flexibility index (Phi) is 24.2. The van der Waals surface area contributed by atoms with E-state index in [2.05, 4.69) is 15.0 Å². The minimum Gasteiger partial charge on any atom is -0.337 e. The van der Waals surface area contributed by atoms with E-state index in [9.17, 15) is 79.2 Å². The fourth-order valence-electron chi connectivity index (χ4n) is 15.7. The summed E-state index contributed by atoms with van der Waals surface area (Å²) in [5.74, 6) is -11.1. The Morgan fingerprint density at radius 3 is 1.10 bits per heavy atom. The topological polar surface area (TPSA) is 280 Å². The maximum atomic E-state index is 14.1. The van der Waals surface area contributed by atoms with Crippen molar-refractivity contribution < 1.29 is 79.2 Å². The molecule has 0 radical (unpaired) electrons. The zero-order valence-corrected chi connectivity index (χ0v) is 58.2. The van der Waals surface area contributed by atoms with E-state index >= 15 is 0 Å². The first-order valence-corrected chi connectivity index (χ1v) is 38.8. The van der Waals surface area contributed by atoms with E-state index in [0.717, 1.165) is 62.3 Å². The molecule has 6 N–H and O–H groups in total. The summed E-state index contributed by atoms with van der Waals surface area (Å²) in [4.78, 5) is 56.0. The summed E-state index contributed by atoms with van der Waals surface area (Å²) in [6.07, 6.45) is 11.0. The standard InChI is InChI=1S/C25H29F3N2O3S.C24H28F3N3O3S.C22H25F3N4O3S/c1-15-3-2-4-20(9-15)34(32,33)8-7-25(31)30-18-5-6-19(30)11-17(10-18)24(29)13-16-12-22(27)23(28)14-21(16)26;1-14-3-2-4-23(29-14)34(32,33)8-7-24(31)30-17-5-6-18(30)10-16(9-17)22(28)12-15-11-20(26)21(27)13-19(15)25;23-17-12-19(25)18(24)10-13(17)11-20(26)14-8-15-2-3-16(9-14)29(15)21(30)4-7-33(31,32)22-27-5-1-6-28-22/h2-4,9,12,14,17-19,24H,5-8,10-11,13,29H2,1H3;2-4,11,13,16-18,22H,5-10,12,28H2,1H3;1,5-6,10,12,14-16,20H,2-4,7-9,11,26H2/t17?,18-,19+,24-;16?,17-,18+,22-;14?,15-,16+,20-/m111/s1. The third-order valence-corrected chi connectivity index (χ3v) is 25.6. The molecule has 6 saturated heterocycles. The van der Waals surface area contributed by atoms with Crippen molar-refractivity contribution >= 4 is 47.2 Å². The van der Waals surface area contributed by atoms with Gasteiger partial charge in [-0.15, -0.1) is 0 Å². The molecule has 8 heterocycles. The molecule has 30 heteroatoms. The molecular formula is C71H82F9N9O9S3. The molecule has 18 nitrogen and oxygen atoms in total. The van der Waals surface area contributed by atoms with Gasteiger partial charge in [-0.05, 0) is 199 Å². The van der Waals surface area contributed by atoms with Crippen LogP contribution in [0.25, 0.3) is 0 Å². The molecule has 546 valence electrons. The van der Waals surface area contributed by atoms with Crippen LogP contribution in [0.5, 0.6) is 0 Å². The number of amides is 3. The highest BCUT2D eigenvalue weighted by Gasteiger charge is 2.48. The van der Waals surface area contributed by atoms with Gasteiger partial charge in [-0.3, -0.25) is 14.4 Å². The molecular weight excluding hydrogens is 1390 g/mol. The Hall–Kier alpha value is -7.38. The number of carbonyl (C=O) groups is 3. The Bertz CT molecular complexity index is 4160. The highest BCUT2D eigenvalue weighted by atomic mass is 32.2. The van der Waals surface area contributed by atoms with Crippen molar-refractivity contribution in [3.63, 3.8) is 0 Å². The number of carbonyl (C=O) groups excluding carboxylic acids is 3. The fourth-order valence-corrected chi connectivity index (χ4v) is 19.3. The summed E-state index contributed by atoms with van der Waals surface area (Å²) in [6, 6.07) is 15.3. The van der Waals surface area contributed by atoms with Gasteiger partial charge in [0.15, 0.2) is 59.6 Å². The van der Waals surface area contributed by atoms with E-state index in [-0.39, 0.29) is 159 Å². The molecule has 0 spiro atoms. The normalized spacial score (nSPS) is 23.3. The molecule has 3 amide bonds. The minimum absolute atomic E-state index is 0.00471. The number of nitrogens with zero attached hydrogens (tertiary/aromatic N) is 6. The summed E-state index contributed by atoms with van der Waals surface area (Å²) < 4.78 is 198. The molecule has 6 aliphatic heterocycles. The maximum absolute atomic E-state index is 14.1. The van der Waals surface area contributed by atoms with Crippen molar-refractivity contribution in [2.75, 3.05) is 17.3 Å². The SMILES string of the molecule is Cc1cccc(S(=O)(=O)CCC(=O)N2[C@@H]3CC[C@H]2CC([C@H](N)Cc2cc(F)c(F)cc2F)C3)c1.Cc1cccc(S(=O)(=O)CCC(=O)N2[C@@H]3CC[C@H]2CC([C@H](N)Cc2cc(F)c(F)cc2F)C3)n1.N[C@H](Cc1cc(F)c(F)cc1F)C1C[C@H]2CC[C@@H](C1)N2C(=O)CCS(=O)(=O)c1ncccn1. The lowest BCUT2D eigenvalue weighted by Crippen LogP contribution is -2.50. The predicted octanol–water partition coefficient (Wildman–Crippen LogP) is 9.62. The second kappa shape index (κ2) is 32.1. The minimum atomic E-state index is -3.76. The van der Waals surface area contributed by atoms with Gasteiger partial charge >= 0.3 is 0 Å². The van der Waals surface area contributed by atoms with Crippen LogP contribution in [-0.4, -0.2) is 144 Å². The average molecular weight is 1470 g/mol. The lowest BCUT2D eigenvalue weighted by molar-refractivity contribution is -0.137. The number of nitrogens with two attached hydrogens (primary N) is 3. The first-order chi connectivity index (χ1) is 47.7. The number of sulfone groups is 3. The number of benzene rings is 4. The molecule has 3 unspecified atom stereocenters. The van der Waals surface area contributed by atoms with Crippen molar-refractivity contribution in [1.29, 1.82) is 0 Å². The third-order valence-electron chi connectivity index (χ3n) is 20.7. The Balaban J connectivity index is 0.000000163. The zero-order chi connectivity index (χ0) is 73.0. The zero-order valence-electron chi connectivity index (χ0n) is 55.7. The van der Waals surface area contributed by atoms with E-state index in [1.54, 1.807) is 47.1 Å². The summed E-state index contributed by atoms with van der Waals surface area (Å²) in [5.41, 5.74) is 20.5. The number of halogens is 9. The molecule has 6 bridgehead atoms. The predicted molar refractivity (Wildman–Crippen MR) is 355 cm³/mol. The molecule has 101 heavy (non-hydrogen) atoms. The number of rotatable bonds is 21. The summed E-state index contributed by atoms with van der Waals surface area (Å²) >= 11 is 0. The Labute approximate surface area is 581 Å². The van der Waals surface area contributed by atoms with Crippen LogP contribution < -0.4 is 17.2 Å². The smallest absolute Gasteiger partial charge is 0.247 e. The van der Waals surface area contributed by atoms with Crippen molar-refractivity contribution in [1.82, 2.24) is 29.7 Å². The summed E-state index contributed by atoms with van der Waals surface area (Å²) in [5, 5.41) is -0.327. The van der Waals surface area contributed by atoms with E-state index in [0.29, 0.717) is 62.4 Å². The van der Waals surface area contributed by atoms with Gasteiger partial charge in [-0.2, -0.15) is 0 Å². The van der Waals surface area contributed by atoms with Gasteiger partial charge in [0.1, 0.15) is 17.5 Å². The molecule has 6 aromatic rings. The van der Waals surface area contributed by atoms with Crippen LogP contribution in [0.4, 0.5) is 39.5 Å². The van der Waals surface area contributed by atoms with Crippen LogP contribution in [0, 0.1) is 84.0 Å². The number of aromatic nitrogens is 3. The third kappa shape index (κ3) is 18.3. The van der Waals surface area contributed by atoms with Crippen LogP contribution >= 0.6 is 0 Å². The first-order valence-electron chi connectivity index (χ1n) is 33.8. The van der Waals surface area contributed by atoms with Gasteiger partial charge in [-0.25, -0.2) is 79.7 Å². The van der Waals surface area contributed by atoms with Crippen molar-refractivity contribution in [2.45, 2.75) is 199 Å². The van der Waals surface area contributed by atoms with Crippen molar-refractivity contribution in [2.24, 2.45) is 35.0 Å². The molecule has 12 atom stereocenters. The second-order valence-corrected chi connectivity index (χ2v) is 33.8. The van der Waals surface area contributed by atoms with Gasteiger partial charge in [0, 0.05) is 110 Å². The van der Waals surface area contributed by atoms with Crippen LogP contribution in [0.15, 0.2) is 112 Å². The van der Waals surface area contributed by atoms with E-state index in [1.807, 2.05) is 17.9 Å². The number of hydrogen-bond acceptors (Lipinski definition) is 15. The van der Waals surface area contributed by atoms with Gasteiger partial charge in [-0.1, -0.05) is 18.2 Å². The fraction of sp³-hybridized carbons (Fsp3) is 0.493. The van der Waals surface area contributed by atoms with Gasteiger partial charge in [0.25, 0.3) is 0 Å². The lowest BCUT2D eigenvalue weighted by atomic mass is 9.82. The lowest BCUT2D eigenvalue weighted by Gasteiger charge is -2.41. The van der Waals surface area contributed by atoms with E-state index < -0.39 is 100.0 Å². The number of fused-ring (bicyclic) bond motifs is 6. The molecule has 6 fully saturated rings. The van der Waals surface area contributed by atoms with E-state index in [4.69, 9.17) is 17.2 Å². The number of hydrogen-bond donors (Lipinski definition) is 3. The number of pyridine rings is 1. The van der Waals surface area contributed by atoms with Crippen LogP contribution in [-0.2, 0) is 63.2 Å². The quantitative estimate of drug-likeness (QED) is 0.0343. The highest BCUT2D eigenvalue weighted by Crippen LogP contribution is 2.44. The van der Waals surface area contributed by atoms with E-state index in [1.165, 1.54) is 24.5 Å². The van der Waals surface area contributed by atoms with Crippen LogP contribution in [0.3, 0.4) is 0 Å². The highest BCUT2D eigenvalue weighted by molar-refractivity contribution is 7.91. The summed E-state index contributed by atoms with van der Waals surface area (Å²) in [7, 11) is -11.0. The monoisotopic (exact) mass is 1470 g/mol. The molecule has 4 aromatic carbocycles. The Morgan fingerprint density at radius 1 is 0.426 bits per heavy atom. The van der Waals surface area contributed by atoms with Gasteiger partial charge in [0.2, 0.25) is 32.7 Å². The maximum Gasteiger partial charge on any atom is 0.247 e. The average Bonchev–Trinajstić information content (AvgIpc) is 0.897. The Morgan fingerprint density at radius 2 is 0.752 bits per heavy atom. The molecule has 12 rings (SSSR count). The molecule has 2 aromatic heterocycles. The molecule has 6 aliphatic rings. The van der Waals surface area contributed by atoms with Crippen LogP contribution in [0.1, 0.15) is 124 Å².